The molecule has 0 nitrogen and oxygen atoms in total. The van der Waals surface area contributed by atoms with E-state index in [1.807, 2.05) is 0 Å². The van der Waals surface area contributed by atoms with Gasteiger partial charge >= 0.3 is 0 Å². The van der Waals surface area contributed by atoms with Crippen LogP contribution in [0.5, 0.6) is 0 Å². The molecule has 3 rings (SSSR count). The van der Waals surface area contributed by atoms with Crippen LogP contribution in [-0.2, 0) is 5.41 Å². The molecule has 0 saturated heterocycles. The maximum Gasteiger partial charge on any atom is 0.134 e. The van der Waals surface area contributed by atoms with Gasteiger partial charge in [0.15, 0.2) is 0 Å². The van der Waals surface area contributed by atoms with E-state index >= 15 is 0 Å². The lowest BCUT2D eigenvalue weighted by Gasteiger charge is -2.25. The van der Waals surface area contributed by atoms with Crippen molar-refractivity contribution in [3.63, 3.8) is 0 Å². The quantitative estimate of drug-likeness (QED) is 0.607. The van der Waals surface area contributed by atoms with Crippen molar-refractivity contribution >= 4 is 34.0 Å². The number of hydrogen-bond acceptors (Lipinski definition) is 3. The van der Waals surface area contributed by atoms with Gasteiger partial charge in [0.05, 0.1) is 0 Å². The first-order valence-electron chi connectivity index (χ1n) is 5.97. The summed E-state index contributed by atoms with van der Waals surface area (Å²) >= 11 is 5.16. The van der Waals surface area contributed by atoms with Gasteiger partial charge in [-0.05, 0) is 46.2 Å². The minimum atomic E-state index is -0.428. The largest absolute Gasteiger partial charge is 0.147 e. The predicted octanol–water partition coefficient (Wildman–Crippen LogP) is 4.84. The van der Waals surface area contributed by atoms with Gasteiger partial charge in [0.2, 0.25) is 0 Å². The molecule has 20 heavy (non-hydrogen) atoms. The molecule has 0 aliphatic carbocycles. The van der Waals surface area contributed by atoms with Crippen LogP contribution in [0.15, 0.2) is 52.5 Å². The molecule has 3 heterocycles. The zero-order chi connectivity index (χ0) is 13.8. The third kappa shape index (κ3) is 2.11. The highest BCUT2D eigenvalue weighted by atomic mass is 32.1. The van der Waals surface area contributed by atoms with Crippen LogP contribution >= 0.6 is 34.0 Å². The Balaban J connectivity index is 2.33. The maximum absolute atomic E-state index is 5.38. The topological polar surface area (TPSA) is 0 Å². The summed E-state index contributed by atoms with van der Waals surface area (Å²) in [6.07, 6.45) is 5.38. The molecule has 3 aromatic rings. The van der Waals surface area contributed by atoms with E-state index in [1.165, 1.54) is 14.6 Å². The zero-order valence-electron chi connectivity index (χ0n) is 10.5. The lowest BCUT2D eigenvalue weighted by Crippen LogP contribution is -2.24. The van der Waals surface area contributed by atoms with Crippen LogP contribution in [0.2, 0.25) is 0 Å². The van der Waals surface area contributed by atoms with Gasteiger partial charge in [-0.15, -0.1) is 40.4 Å². The summed E-state index contributed by atoms with van der Waals surface area (Å²) < 4.78 is 0. The third-order valence-electron chi connectivity index (χ3n) is 2.99. The molecule has 0 amide bonds. The zero-order valence-corrected chi connectivity index (χ0v) is 12.9. The molecule has 0 radical (unpaired) electrons. The Hall–Kier alpha value is -1.78. The highest BCUT2D eigenvalue weighted by molar-refractivity contribution is 7.13. The molecule has 0 bridgehead atoms. The molecule has 0 spiro atoms. The van der Waals surface area contributed by atoms with Crippen molar-refractivity contribution in [2.75, 3.05) is 0 Å². The van der Waals surface area contributed by atoms with Crippen LogP contribution in [0.4, 0.5) is 0 Å². The Bertz CT molecular complexity index is 674. The number of thiophene rings is 3. The molecule has 0 aliphatic rings. The van der Waals surface area contributed by atoms with Gasteiger partial charge in [0.25, 0.3) is 0 Å². The molecule has 96 valence electrons. The van der Waals surface area contributed by atoms with E-state index in [2.05, 4.69) is 70.3 Å². The third-order valence-corrected chi connectivity index (χ3v) is 5.96. The Labute approximate surface area is 130 Å². The summed E-state index contributed by atoms with van der Waals surface area (Å²) in [5.41, 5.74) is -0.428. The SMILES string of the molecule is C#CC#CC(c1cccs1)(c1cccs1)c1cccs1. The summed E-state index contributed by atoms with van der Waals surface area (Å²) in [5.74, 6) is 8.65. The summed E-state index contributed by atoms with van der Waals surface area (Å²) in [5, 5.41) is 6.26. The van der Waals surface area contributed by atoms with Crippen molar-refractivity contribution in [3.05, 3.63) is 67.2 Å². The fraction of sp³-hybridized carbons (Fsp3) is 0.0588. The van der Waals surface area contributed by atoms with E-state index < -0.39 is 5.41 Å². The summed E-state index contributed by atoms with van der Waals surface area (Å²) in [6.45, 7) is 0. The van der Waals surface area contributed by atoms with Crippen LogP contribution in [0, 0.1) is 24.2 Å². The fourth-order valence-electron chi connectivity index (χ4n) is 2.15. The molecule has 0 aromatic carbocycles. The second-order valence-corrected chi connectivity index (χ2v) is 6.92. The van der Waals surface area contributed by atoms with Gasteiger partial charge in [0, 0.05) is 14.6 Å². The van der Waals surface area contributed by atoms with Crippen LogP contribution in [0.1, 0.15) is 14.6 Å². The molecular formula is C17H10S3. The van der Waals surface area contributed by atoms with Crippen molar-refractivity contribution in [1.29, 1.82) is 0 Å². The van der Waals surface area contributed by atoms with Gasteiger partial charge < -0.3 is 0 Å². The minimum Gasteiger partial charge on any atom is -0.147 e. The van der Waals surface area contributed by atoms with E-state index in [0.717, 1.165) is 0 Å². The first kappa shape index (κ1) is 13.2. The highest BCUT2D eigenvalue weighted by Crippen LogP contribution is 2.44. The van der Waals surface area contributed by atoms with Gasteiger partial charge in [0.1, 0.15) is 5.41 Å². The molecule has 0 fully saturated rings. The molecule has 3 heteroatoms. The highest BCUT2D eigenvalue weighted by Gasteiger charge is 2.37. The maximum atomic E-state index is 5.38. The lowest BCUT2D eigenvalue weighted by atomic mass is 9.83. The van der Waals surface area contributed by atoms with E-state index in [9.17, 15) is 0 Å². The second-order valence-electron chi connectivity index (χ2n) is 4.08. The van der Waals surface area contributed by atoms with Gasteiger partial charge in [-0.1, -0.05) is 24.1 Å². The number of terminal acetylenes is 1. The molecule has 3 aromatic heterocycles. The van der Waals surface area contributed by atoms with Gasteiger partial charge in [-0.2, -0.15) is 0 Å². The van der Waals surface area contributed by atoms with Crippen LogP contribution in [0.25, 0.3) is 0 Å². The molecule has 0 unspecified atom stereocenters. The van der Waals surface area contributed by atoms with Crippen molar-refractivity contribution < 1.29 is 0 Å². The molecule has 0 atom stereocenters. The van der Waals surface area contributed by atoms with E-state index in [-0.39, 0.29) is 0 Å². The van der Waals surface area contributed by atoms with Gasteiger partial charge in [-0.25, -0.2) is 0 Å². The van der Waals surface area contributed by atoms with Crippen molar-refractivity contribution in [1.82, 2.24) is 0 Å². The lowest BCUT2D eigenvalue weighted by molar-refractivity contribution is 0.877. The van der Waals surface area contributed by atoms with Crippen molar-refractivity contribution in [2.45, 2.75) is 5.41 Å². The van der Waals surface area contributed by atoms with Crippen molar-refractivity contribution in [3.8, 4) is 24.2 Å². The van der Waals surface area contributed by atoms with Crippen LogP contribution in [-0.4, -0.2) is 0 Å². The normalized spacial score (nSPS) is 10.6. The summed E-state index contributed by atoms with van der Waals surface area (Å²) in [4.78, 5) is 3.64. The summed E-state index contributed by atoms with van der Waals surface area (Å²) in [6, 6.07) is 12.6. The van der Waals surface area contributed by atoms with Crippen LogP contribution in [0.3, 0.4) is 0 Å². The number of hydrogen-bond donors (Lipinski definition) is 0. The Morgan fingerprint density at radius 1 is 0.800 bits per heavy atom. The van der Waals surface area contributed by atoms with E-state index in [1.54, 1.807) is 34.0 Å². The number of rotatable bonds is 3. The predicted molar refractivity (Wildman–Crippen MR) is 89.4 cm³/mol. The molecule has 0 aliphatic heterocycles. The Kier molecular flexibility index (Phi) is 3.76. The Morgan fingerprint density at radius 2 is 1.25 bits per heavy atom. The first-order valence-corrected chi connectivity index (χ1v) is 8.61. The molecule has 0 N–H and O–H groups in total. The fourth-order valence-corrected chi connectivity index (χ4v) is 5.07. The minimum absolute atomic E-state index is 0.428. The monoisotopic (exact) mass is 310 g/mol. The van der Waals surface area contributed by atoms with Crippen molar-refractivity contribution in [2.24, 2.45) is 0 Å². The second kappa shape index (κ2) is 5.69. The van der Waals surface area contributed by atoms with E-state index in [0.29, 0.717) is 0 Å². The molecular weight excluding hydrogens is 300 g/mol. The van der Waals surface area contributed by atoms with Crippen LogP contribution < -0.4 is 0 Å². The first-order chi connectivity index (χ1) is 9.88. The average molecular weight is 310 g/mol. The Morgan fingerprint density at radius 3 is 1.55 bits per heavy atom. The summed E-state index contributed by atoms with van der Waals surface area (Å²) in [7, 11) is 0. The standard InChI is InChI=1S/C17H10S3/c1-2-3-10-17(14-7-4-11-18-14,15-8-5-12-19-15)16-9-6-13-20-16/h1,4-9,11-13H. The smallest absolute Gasteiger partial charge is 0.134 e. The average Bonchev–Trinajstić information content (AvgIpc) is 3.23. The van der Waals surface area contributed by atoms with Gasteiger partial charge in [-0.3, -0.25) is 0 Å². The van der Waals surface area contributed by atoms with E-state index in [4.69, 9.17) is 6.42 Å². The molecule has 0 saturated carbocycles.